The second kappa shape index (κ2) is 4.57. The molecule has 0 saturated carbocycles. The van der Waals surface area contributed by atoms with Gasteiger partial charge in [0.2, 0.25) is 0 Å². The van der Waals surface area contributed by atoms with Crippen LogP contribution in [0.1, 0.15) is 10.4 Å². The van der Waals surface area contributed by atoms with Gasteiger partial charge in [-0.2, -0.15) is 0 Å². The minimum absolute atomic E-state index is 0.365. The van der Waals surface area contributed by atoms with Crippen molar-refractivity contribution in [2.75, 3.05) is 7.11 Å². The maximum atomic E-state index is 11.8. The Labute approximate surface area is 110 Å². The topological polar surface area (TPSA) is 55.0 Å². The molecule has 0 saturated heterocycles. The monoisotopic (exact) mass is 252 g/mol. The van der Waals surface area contributed by atoms with Crippen molar-refractivity contribution >= 4 is 17.0 Å². The molecule has 0 unspecified atom stereocenters. The van der Waals surface area contributed by atoms with E-state index in [1.54, 1.807) is 12.1 Å². The average Bonchev–Trinajstić information content (AvgIpc) is 2.90. The highest BCUT2D eigenvalue weighted by Gasteiger charge is 2.15. The first-order valence-corrected chi connectivity index (χ1v) is 5.92. The second-order valence-electron chi connectivity index (χ2n) is 4.14. The number of methoxy groups -OCH3 is 1. The molecule has 1 heterocycles. The van der Waals surface area contributed by atoms with Crippen molar-refractivity contribution in [3.63, 3.8) is 0 Å². The normalized spacial score (nSPS) is 10.6. The van der Waals surface area contributed by atoms with Crippen LogP contribution in [0.2, 0.25) is 0 Å². The molecule has 0 bridgehead atoms. The molecule has 19 heavy (non-hydrogen) atoms. The molecule has 1 aromatic heterocycles. The van der Waals surface area contributed by atoms with E-state index in [4.69, 9.17) is 4.74 Å². The summed E-state index contributed by atoms with van der Waals surface area (Å²) in [4.78, 5) is 19.5. The van der Waals surface area contributed by atoms with E-state index < -0.39 is 0 Å². The van der Waals surface area contributed by atoms with Crippen LogP contribution in [0.25, 0.3) is 22.4 Å². The standard InChI is InChI=1S/C15H12N2O2/c1-19-15(18)11-7-3-2-6-10(11)14-16-12-8-4-5-9-13(12)17-14/h2-9H,1H3,(H,16,17). The zero-order chi connectivity index (χ0) is 13.2. The van der Waals surface area contributed by atoms with Gasteiger partial charge in [-0.05, 0) is 18.2 Å². The SMILES string of the molecule is COC(=O)c1ccccc1-c1nc2ccccc2[nH]1. The Morgan fingerprint density at radius 3 is 2.63 bits per heavy atom. The van der Waals surface area contributed by atoms with Gasteiger partial charge < -0.3 is 9.72 Å². The van der Waals surface area contributed by atoms with Gasteiger partial charge in [-0.3, -0.25) is 0 Å². The fraction of sp³-hybridized carbons (Fsp3) is 0.0667. The number of H-pyrrole nitrogens is 1. The Kier molecular flexibility index (Phi) is 2.76. The molecule has 4 nitrogen and oxygen atoms in total. The van der Waals surface area contributed by atoms with Gasteiger partial charge in [0.05, 0.1) is 23.7 Å². The van der Waals surface area contributed by atoms with E-state index in [1.165, 1.54) is 7.11 Å². The third-order valence-electron chi connectivity index (χ3n) is 2.98. The number of nitrogens with zero attached hydrogens (tertiary/aromatic N) is 1. The van der Waals surface area contributed by atoms with Gasteiger partial charge in [-0.1, -0.05) is 30.3 Å². The van der Waals surface area contributed by atoms with Crippen molar-refractivity contribution in [2.45, 2.75) is 0 Å². The number of aromatic nitrogens is 2. The lowest BCUT2D eigenvalue weighted by atomic mass is 10.1. The smallest absolute Gasteiger partial charge is 0.338 e. The number of ether oxygens (including phenoxy) is 1. The number of esters is 1. The minimum atomic E-state index is -0.365. The predicted molar refractivity (Wildman–Crippen MR) is 72.9 cm³/mol. The third-order valence-corrected chi connectivity index (χ3v) is 2.98. The number of carbonyl (C=O) groups is 1. The van der Waals surface area contributed by atoms with Crippen molar-refractivity contribution in [3.05, 3.63) is 54.1 Å². The molecular weight excluding hydrogens is 240 g/mol. The number of hydrogen-bond donors (Lipinski definition) is 1. The minimum Gasteiger partial charge on any atom is -0.465 e. The Morgan fingerprint density at radius 2 is 1.84 bits per heavy atom. The van der Waals surface area contributed by atoms with E-state index in [-0.39, 0.29) is 5.97 Å². The summed E-state index contributed by atoms with van der Waals surface area (Å²) in [6, 6.07) is 15.0. The summed E-state index contributed by atoms with van der Waals surface area (Å²) in [5.41, 5.74) is 3.06. The van der Waals surface area contributed by atoms with Crippen LogP contribution < -0.4 is 0 Å². The molecule has 94 valence electrons. The van der Waals surface area contributed by atoms with Crippen LogP contribution in [0.4, 0.5) is 0 Å². The number of nitrogens with one attached hydrogen (secondary N) is 1. The van der Waals surface area contributed by atoms with E-state index in [9.17, 15) is 4.79 Å². The number of benzene rings is 2. The summed E-state index contributed by atoms with van der Waals surface area (Å²) >= 11 is 0. The number of hydrogen-bond acceptors (Lipinski definition) is 3. The number of imidazole rings is 1. The Hall–Kier alpha value is -2.62. The Balaban J connectivity index is 2.18. The molecule has 0 spiro atoms. The van der Waals surface area contributed by atoms with Crippen LogP contribution in [0.3, 0.4) is 0 Å². The van der Waals surface area contributed by atoms with Gasteiger partial charge in [0, 0.05) is 5.56 Å². The lowest BCUT2D eigenvalue weighted by Crippen LogP contribution is -2.03. The van der Waals surface area contributed by atoms with Crippen LogP contribution in [-0.2, 0) is 4.74 Å². The van der Waals surface area contributed by atoms with Crippen LogP contribution >= 0.6 is 0 Å². The van der Waals surface area contributed by atoms with E-state index in [1.807, 2.05) is 36.4 Å². The lowest BCUT2D eigenvalue weighted by Gasteiger charge is -2.04. The largest absolute Gasteiger partial charge is 0.465 e. The van der Waals surface area contributed by atoms with Crippen molar-refractivity contribution in [1.29, 1.82) is 0 Å². The number of para-hydroxylation sites is 2. The molecule has 0 aliphatic rings. The lowest BCUT2D eigenvalue weighted by molar-refractivity contribution is 0.0601. The first kappa shape index (κ1) is 11.5. The van der Waals surface area contributed by atoms with Crippen molar-refractivity contribution in [3.8, 4) is 11.4 Å². The fourth-order valence-electron chi connectivity index (χ4n) is 2.06. The van der Waals surface area contributed by atoms with E-state index >= 15 is 0 Å². The van der Waals surface area contributed by atoms with Gasteiger partial charge in [0.1, 0.15) is 5.82 Å². The summed E-state index contributed by atoms with van der Waals surface area (Å²) in [7, 11) is 1.37. The van der Waals surface area contributed by atoms with Crippen molar-refractivity contribution < 1.29 is 9.53 Å². The molecule has 3 aromatic rings. The zero-order valence-corrected chi connectivity index (χ0v) is 10.4. The van der Waals surface area contributed by atoms with Crippen LogP contribution in [0.15, 0.2) is 48.5 Å². The number of fused-ring (bicyclic) bond motifs is 1. The quantitative estimate of drug-likeness (QED) is 0.713. The summed E-state index contributed by atoms with van der Waals surface area (Å²) < 4.78 is 4.79. The molecule has 3 rings (SSSR count). The third kappa shape index (κ3) is 1.97. The fourth-order valence-corrected chi connectivity index (χ4v) is 2.06. The molecule has 0 fully saturated rings. The van der Waals surface area contributed by atoms with Crippen molar-refractivity contribution in [1.82, 2.24) is 9.97 Å². The zero-order valence-electron chi connectivity index (χ0n) is 10.4. The highest BCUT2D eigenvalue weighted by molar-refractivity contribution is 5.97. The molecule has 2 aromatic carbocycles. The van der Waals surface area contributed by atoms with E-state index in [0.29, 0.717) is 11.4 Å². The highest BCUT2D eigenvalue weighted by atomic mass is 16.5. The molecular formula is C15H12N2O2. The summed E-state index contributed by atoms with van der Waals surface area (Å²) in [5.74, 6) is 0.304. The molecule has 1 N–H and O–H groups in total. The van der Waals surface area contributed by atoms with Crippen molar-refractivity contribution in [2.24, 2.45) is 0 Å². The van der Waals surface area contributed by atoms with Crippen LogP contribution in [0.5, 0.6) is 0 Å². The van der Waals surface area contributed by atoms with Gasteiger partial charge in [-0.25, -0.2) is 9.78 Å². The summed E-state index contributed by atoms with van der Waals surface area (Å²) in [6.07, 6.45) is 0. The second-order valence-corrected chi connectivity index (χ2v) is 4.14. The van der Waals surface area contributed by atoms with Gasteiger partial charge >= 0.3 is 5.97 Å². The Morgan fingerprint density at radius 1 is 1.11 bits per heavy atom. The number of aromatic amines is 1. The predicted octanol–water partition coefficient (Wildman–Crippen LogP) is 3.02. The first-order valence-electron chi connectivity index (χ1n) is 5.92. The van der Waals surface area contributed by atoms with E-state index in [2.05, 4.69) is 9.97 Å². The molecule has 0 atom stereocenters. The molecule has 4 heteroatoms. The van der Waals surface area contributed by atoms with Gasteiger partial charge in [-0.15, -0.1) is 0 Å². The van der Waals surface area contributed by atoms with Gasteiger partial charge in [0.25, 0.3) is 0 Å². The van der Waals surface area contributed by atoms with Crippen LogP contribution in [0, 0.1) is 0 Å². The molecule has 0 aliphatic heterocycles. The molecule has 0 radical (unpaired) electrons. The molecule has 0 amide bonds. The first-order chi connectivity index (χ1) is 9.29. The number of rotatable bonds is 2. The Bertz CT molecular complexity index is 713. The van der Waals surface area contributed by atoms with E-state index in [0.717, 1.165) is 16.6 Å². The summed E-state index contributed by atoms with van der Waals surface area (Å²) in [6.45, 7) is 0. The maximum absolute atomic E-state index is 11.8. The van der Waals surface area contributed by atoms with Crippen LogP contribution in [-0.4, -0.2) is 23.0 Å². The highest BCUT2D eigenvalue weighted by Crippen LogP contribution is 2.24. The van der Waals surface area contributed by atoms with Gasteiger partial charge in [0.15, 0.2) is 0 Å². The average molecular weight is 252 g/mol. The maximum Gasteiger partial charge on any atom is 0.338 e. The summed E-state index contributed by atoms with van der Waals surface area (Å²) in [5, 5.41) is 0. The number of carbonyl (C=O) groups excluding carboxylic acids is 1. The molecule has 0 aliphatic carbocycles.